The van der Waals surface area contributed by atoms with Gasteiger partial charge in [-0.05, 0) is 79.9 Å². The van der Waals surface area contributed by atoms with E-state index in [4.69, 9.17) is 9.98 Å². The summed E-state index contributed by atoms with van der Waals surface area (Å²) in [5.41, 5.74) is 9.49. The van der Waals surface area contributed by atoms with Crippen LogP contribution in [-0.4, -0.2) is 15.2 Å². The maximum Gasteiger partial charge on any atom is 0.299 e. The van der Waals surface area contributed by atoms with Gasteiger partial charge in [-0.1, -0.05) is 146 Å². The van der Waals surface area contributed by atoms with E-state index in [0.717, 1.165) is 76.9 Å². The van der Waals surface area contributed by atoms with Crippen molar-refractivity contribution in [3.63, 3.8) is 0 Å². The van der Waals surface area contributed by atoms with Gasteiger partial charge in [-0.2, -0.15) is 8.78 Å². The lowest BCUT2D eigenvalue weighted by Gasteiger charge is -2.32. The number of hydrogen-bond donors (Lipinski definition) is 2. The van der Waals surface area contributed by atoms with Crippen LogP contribution in [0.2, 0.25) is 0 Å². The zero-order valence-electron chi connectivity index (χ0n) is 31.0. The van der Waals surface area contributed by atoms with Crippen LogP contribution in [-0.2, 0) is 5.92 Å². The smallest absolute Gasteiger partial charge is 0.299 e. The Morgan fingerprint density at radius 2 is 1.17 bits per heavy atom. The van der Waals surface area contributed by atoms with Crippen molar-refractivity contribution in [2.24, 2.45) is 4.99 Å². The molecule has 10 aromatic rings. The summed E-state index contributed by atoms with van der Waals surface area (Å²) in [5.74, 6) is -2.50. The number of imidazole rings is 1. The minimum atomic E-state index is -3.14. The van der Waals surface area contributed by atoms with Crippen LogP contribution < -0.4 is 10.6 Å². The first-order chi connectivity index (χ1) is 28.5. The maximum atomic E-state index is 16.3. The minimum absolute atomic E-state index is 0.000884. The van der Waals surface area contributed by atoms with E-state index in [2.05, 4.69) is 93.9 Å². The van der Waals surface area contributed by atoms with E-state index in [1.807, 2.05) is 78.9 Å². The molecule has 58 heavy (non-hydrogen) atoms. The predicted molar refractivity (Wildman–Crippen MR) is 230 cm³/mol. The van der Waals surface area contributed by atoms with Crippen LogP contribution in [0.15, 0.2) is 181 Å². The quantitative estimate of drug-likeness (QED) is 0.176. The fraction of sp³-hybridized carbons (Fsp3) is 0.0588. The molecule has 8 aromatic carbocycles. The second kappa shape index (κ2) is 12.4. The summed E-state index contributed by atoms with van der Waals surface area (Å²) in [6, 6.07) is 58.2. The molecule has 5 nitrogen and oxygen atoms in total. The van der Waals surface area contributed by atoms with Crippen LogP contribution in [0.25, 0.3) is 71.4 Å². The fourth-order valence-corrected chi connectivity index (χ4v) is 9.18. The van der Waals surface area contributed by atoms with Gasteiger partial charge in [0.15, 0.2) is 0 Å². The molecular formula is C51H33F2N5. The summed E-state index contributed by atoms with van der Waals surface area (Å²) < 4.78 is 34.8. The Bertz CT molecular complexity index is 3340. The van der Waals surface area contributed by atoms with Crippen LogP contribution in [0, 0.1) is 0 Å². The molecule has 2 aliphatic rings. The molecule has 0 spiro atoms. The molecule has 0 bridgehead atoms. The molecule has 2 aromatic heterocycles. The van der Waals surface area contributed by atoms with Crippen LogP contribution >= 0.6 is 0 Å². The van der Waals surface area contributed by atoms with Crippen molar-refractivity contribution in [1.82, 2.24) is 20.0 Å². The number of aromatic nitrogens is 2. The first-order valence-corrected chi connectivity index (χ1v) is 19.5. The number of para-hydroxylation sites is 2. The monoisotopic (exact) mass is 753 g/mol. The van der Waals surface area contributed by atoms with Gasteiger partial charge >= 0.3 is 0 Å². The van der Waals surface area contributed by atoms with Crippen LogP contribution in [0.5, 0.6) is 0 Å². The van der Waals surface area contributed by atoms with Crippen molar-refractivity contribution in [2.45, 2.75) is 18.3 Å². The predicted octanol–water partition coefficient (Wildman–Crippen LogP) is 12.1. The number of rotatable bonds is 4. The van der Waals surface area contributed by atoms with Gasteiger partial charge < -0.3 is 5.32 Å². The van der Waals surface area contributed by atoms with Crippen molar-refractivity contribution in [3.05, 3.63) is 204 Å². The van der Waals surface area contributed by atoms with Crippen molar-refractivity contribution in [1.29, 1.82) is 0 Å². The molecule has 0 saturated carbocycles. The first kappa shape index (κ1) is 33.0. The van der Waals surface area contributed by atoms with Crippen molar-refractivity contribution >= 4 is 55.0 Å². The first-order valence-electron chi connectivity index (χ1n) is 19.5. The van der Waals surface area contributed by atoms with Gasteiger partial charge in [0, 0.05) is 27.5 Å². The highest BCUT2D eigenvalue weighted by Gasteiger charge is 2.44. The van der Waals surface area contributed by atoms with Gasteiger partial charge in [0.25, 0.3) is 5.92 Å². The number of pyridine rings is 1. The van der Waals surface area contributed by atoms with Gasteiger partial charge in [-0.25, -0.2) is 9.98 Å². The normalized spacial score (nSPS) is 17.1. The average Bonchev–Trinajstić information content (AvgIpc) is 3.78. The van der Waals surface area contributed by atoms with Crippen molar-refractivity contribution < 1.29 is 8.78 Å². The molecule has 2 atom stereocenters. The number of nitrogens with one attached hydrogen (secondary N) is 2. The number of halogens is 2. The van der Waals surface area contributed by atoms with Gasteiger partial charge in [-0.3, -0.25) is 9.72 Å². The number of alkyl halides is 2. The highest BCUT2D eigenvalue weighted by Crippen LogP contribution is 2.52. The lowest BCUT2D eigenvalue weighted by atomic mass is 9.95. The molecule has 3 heterocycles. The molecule has 1 aliphatic heterocycles. The Hall–Kier alpha value is -7.22. The van der Waals surface area contributed by atoms with Gasteiger partial charge in [0.2, 0.25) is 0 Å². The third-order valence-electron chi connectivity index (χ3n) is 12.0. The lowest BCUT2D eigenvalue weighted by molar-refractivity contribution is 0.0480. The van der Waals surface area contributed by atoms with Crippen LogP contribution in [0.3, 0.4) is 0 Å². The number of hydrogen-bond acceptors (Lipinski definition) is 4. The summed E-state index contributed by atoms with van der Waals surface area (Å²) in [5, 5.41) is 12.8. The molecule has 0 radical (unpaired) electrons. The molecule has 2 unspecified atom stereocenters. The topological polar surface area (TPSA) is 53.7 Å². The highest BCUT2D eigenvalue weighted by molar-refractivity contribution is 6.23. The van der Waals surface area contributed by atoms with Gasteiger partial charge in [0.05, 0.1) is 16.6 Å². The second-order valence-corrected chi connectivity index (χ2v) is 15.2. The Labute approximate surface area is 331 Å². The number of benzene rings is 8. The van der Waals surface area contributed by atoms with E-state index in [9.17, 15) is 0 Å². The summed E-state index contributed by atoms with van der Waals surface area (Å²) in [6.07, 6.45) is -0.575. The Balaban J connectivity index is 1.01. The standard InChI is InChI=1S/C51H33F2N5/c52-51(53)41-25-21-33(34-20-23-37-38-24-19-30-11-7-8-16-36(30)46(38)50-54-43-17-9-10-18-44(43)58(50)45(37)29-34)27-39(41)40-28-35(22-26-42(40)51)49-56-47(31-12-3-1-4-13-31)55-48(57-49)32-14-5-2-6-15-32/h1-29,47-48,55H,(H,56,57). The van der Waals surface area contributed by atoms with Crippen LogP contribution in [0.4, 0.5) is 8.78 Å². The number of amidine groups is 1. The second-order valence-electron chi connectivity index (χ2n) is 15.2. The summed E-state index contributed by atoms with van der Waals surface area (Å²) in [6.45, 7) is 0. The summed E-state index contributed by atoms with van der Waals surface area (Å²) >= 11 is 0. The molecule has 7 heteroatoms. The Morgan fingerprint density at radius 1 is 0.534 bits per heavy atom. The van der Waals surface area contributed by atoms with Gasteiger partial charge in [0.1, 0.15) is 23.8 Å². The SMILES string of the molecule is FC1(F)c2ccc(C3=NC(c4ccccc4)NC(c4ccccc4)N3)cc2-c2cc(-c3ccc4c5ccc6ccccc6c5c5nc6ccccc6n5c4c3)ccc21. The molecule has 12 rings (SSSR count). The number of fused-ring (bicyclic) bond motifs is 13. The highest BCUT2D eigenvalue weighted by atomic mass is 19.3. The molecule has 0 fully saturated rings. The van der Waals surface area contributed by atoms with E-state index in [0.29, 0.717) is 17.0 Å². The van der Waals surface area contributed by atoms with E-state index >= 15 is 8.78 Å². The number of aliphatic imine (C=N–C) groups is 1. The molecule has 276 valence electrons. The van der Waals surface area contributed by atoms with E-state index in [1.54, 1.807) is 18.2 Å². The van der Waals surface area contributed by atoms with Crippen LogP contribution in [0.1, 0.15) is 40.1 Å². The maximum absolute atomic E-state index is 16.3. The molecule has 2 N–H and O–H groups in total. The average molecular weight is 754 g/mol. The molecular weight excluding hydrogens is 721 g/mol. The third kappa shape index (κ3) is 4.90. The van der Waals surface area contributed by atoms with E-state index < -0.39 is 5.92 Å². The largest absolute Gasteiger partial charge is 0.350 e. The Kier molecular flexibility index (Phi) is 7.04. The number of nitrogens with zero attached hydrogens (tertiary/aromatic N) is 3. The fourth-order valence-electron chi connectivity index (χ4n) is 9.18. The zero-order valence-corrected chi connectivity index (χ0v) is 31.0. The lowest BCUT2D eigenvalue weighted by Crippen LogP contribution is -2.44. The zero-order chi connectivity index (χ0) is 38.5. The summed E-state index contributed by atoms with van der Waals surface area (Å²) in [7, 11) is 0. The molecule has 0 saturated heterocycles. The summed E-state index contributed by atoms with van der Waals surface area (Å²) in [4.78, 5) is 10.3. The third-order valence-corrected chi connectivity index (χ3v) is 12.0. The van der Waals surface area contributed by atoms with E-state index in [1.165, 1.54) is 0 Å². The van der Waals surface area contributed by atoms with Crippen molar-refractivity contribution in [2.75, 3.05) is 0 Å². The Morgan fingerprint density at radius 3 is 1.98 bits per heavy atom. The van der Waals surface area contributed by atoms with Gasteiger partial charge in [-0.15, -0.1) is 0 Å². The molecule has 1 aliphatic carbocycles. The molecule has 0 amide bonds. The van der Waals surface area contributed by atoms with Crippen molar-refractivity contribution in [3.8, 4) is 22.3 Å². The van der Waals surface area contributed by atoms with E-state index in [-0.39, 0.29) is 23.5 Å². The minimum Gasteiger partial charge on any atom is -0.350 e.